The predicted octanol–water partition coefficient (Wildman–Crippen LogP) is 2.28. The first-order valence-corrected chi connectivity index (χ1v) is 5.80. The van der Waals surface area contributed by atoms with Gasteiger partial charge in [0.05, 0.1) is 16.4 Å². The zero-order valence-corrected chi connectivity index (χ0v) is 10.1. The van der Waals surface area contributed by atoms with Crippen molar-refractivity contribution in [3.8, 4) is 0 Å². The minimum absolute atomic E-state index is 0.404. The lowest BCUT2D eigenvalue weighted by molar-refractivity contribution is 0.0233. The van der Waals surface area contributed by atoms with E-state index in [2.05, 4.69) is 21.0 Å². The molecule has 1 saturated carbocycles. The van der Waals surface area contributed by atoms with Crippen molar-refractivity contribution in [2.75, 3.05) is 0 Å². The summed E-state index contributed by atoms with van der Waals surface area (Å²) < 4.78 is 2.78. The SMILES string of the molecule is CCn1ncc(Br)c1C(C)(O)C1CC1. The molecule has 0 aromatic carbocycles. The van der Waals surface area contributed by atoms with E-state index in [0.29, 0.717) is 5.92 Å². The molecule has 78 valence electrons. The quantitative estimate of drug-likeness (QED) is 0.904. The van der Waals surface area contributed by atoms with Gasteiger partial charge < -0.3 is 5.11 Å². The average Bonchev–Trinajstić information content (AvgIpc) is 2.90. The molecule has 1 aliphatic carbocycles. The maximum absolute atomic E-state index is 10.4. The number of nitrogens with zero attached hydrogens (tertiary/aromatic N) is 2. The van der Waals surface area contributed by atoms with Crippen molar-refractivity contribution in [2.45, 2.75) is 38.8 Å². The van der Waals surface area contributed by atoms with Crippen LogP contribution in [0.1, 0.15) is 32.4 Å². The maximum Gasteiger partial charge on any atom is 0.107 e. The highest BCUT2D eigenvalue weighted by Crippen LogP contribution is 2.47. The Morgan fingerprint density at radius 1 is 1.71 bits per heavy atom. The van der Waals surface area contributed by atoms with Crippen molar-refractivity contribution in [3.63, 3.8) is 0 Å². The molecule has 1 atom stereocenters. The average molecular weight is 259 g/mol. The molecule has 1 fully saturated rings. The smallest absolute Gasteiger partial charge is 0.107 e. The summed E-state index contributed by atoms with van der Waals surface area (Å²) in [4.78, 5) is 0. The largest absolute Gasteiger partial charge is 0.384 e. The van der Waals surface area contributed by atoms with Gasteiger partial charge in [-0.25, -0.2) is 0 Å². The third-order valence-corrected chi connectivity index (χ3v) is 3.53. The first-order valence-electron chi connectivity index (χ1n) is 5.01. The molecule has 1 aromatic heterocycles. The monoisotopic (exact) mass is 258 g/mol. The molecule has 0 spiro atoms. The first-order chi connectivity index (χ1) is 6.57. The van der Waals surface area contributed by atoms with Crippen LogP contribution < -0.4 is 0 Å². The molecule has 0 aliphatic heterocycles. The number of aliphatic hydroxyl groups is 1. The second-order valence-corrected chi connectivity index (χ2v) is 4.93. The van der Waals surface area contributed by atoms with Crippen LogP contribution in [-0.4, -0.2) is 14.9 Å². The summed E-state index contributed by atoms with van der Waals surface area (Å²) in [5, 5.41) is 14.6. The second-order valence-electron chi connectivity index (χ2n) is 4.08. The van der Waals surface area contributed by atoms with E-state index in [0.717, 1.165) is 29.6 Å². The van der Waals surface area contributed by atoms with Gasteiger partial charge in [-0.15, -0.1) is 0 Å². The zero-order valence-electron chi connectivity index (χ0n) is 8.50. The van der Waals surface area contributed by atoms with E-state index in [1.165, 1.54) is 0 Å². The fraction of sp³-hybridized carbons (Fsp3) is 0.700. The van der Waals surface area contributed by atoms with Crippen LogP contribution >= 0.6 is 15.9 Å². The summed E-state index contributed by atoms with van der Waals surface area (Å²) in [6.07, 6.45) is 4.00. The van der Waals surface area contributed by atoms with E-state index < -0.39 is 5.60 Å². The van der Waals surface area contributed by atoms with E-state index in [-0.39, 0.29) is 0 Å². The molecule has 4 heteroatoms. The first kappa shape index (κ1) is 10.2. The highest BCUT2D eigenvalue weighted by molar-refractivity contribution is 9.10. The summed E-state index contributed by atoms with van der Waals surface area (Å²) >= 11 is 3.45. The van der Waals surface area contributed by atoms with Crippen LogP contribution in [0.5, 0.6) is 0 Å². The van der Waals surface area contributed by atoms with E-state index in [4.69, 9.17) is 0 Å². The minimum Gasteiger partial charge on any atom is -0.384 e. The summed E-state index contributed by atoms with van der Waals surface area (Å²) in [6.45, 7) is 4.72. The number of hydrogen-bond acceptors (Lipinski definition) is 2. The van der Waals surface area contributed by atoms with Gasteiger partial charge in [-0.05, 0) is 48.5 Å². The van der Waals surface area contributed by atoms with Gasteiger partial charge in [0.15, 0.2) is 0 Å². The van der Waals surface area contributed by atoms with Crippen molar-refractivity contribution in [1.82, 2.24) is 9.78 Å². The van der Waals surface area contributed by atoms with E-state index >= 15 is 0 Å². The van der Waals surface area contributed by atoms with Crippen molar-refractivity contribution >= 4 is 15.9 Å². The van der Waals surface area contributed by atoms with Crippen LogP contribution in [0, 0.1) is 5.92 Å². The van der Waals surface area contributed by atoms with Gasteiger partial charge >= 0.3 is 0 Å². The molecule has 0 saturated heterocycles. The lowest BCUT2D eigenvalue weighted by atomic mass is 9.96. The number of aromatic nitrogens is 2. The van der Waals surface area contributed by atoms with E-state index in [1.54, 1.807) is 6.20 Å². The topological polar surface area (TPSA) is 38.0 Å². The molecule has 0 amide bonds. The Bertz CT molecular complexity index is 342. The molecule has 1 aromatic rings. The minimum atomic E-state index is -0.731. The molecule has 2 rings (SSSR count). The van der Waals surface area contributed by atoms with Crippen LogP contribution in [0.15, 0.2) is 10.7 Å². The second kappa shape index (κ2) is 3.35. The third-order valence-electron chi connectivity index (χ3n) is 2.95. The van der Waals surface area contributed by atoms with Crippen molar-refractivity contribution in [2.24, 2.45) is 5.92 Å². The van der Waals surface area contributed by atoms with Gasteiger partial charge in [-0.3, -0.25) is 4.68 Å². The standard InChI is InChI=1S/C10H15BrN2O/c1-3-13-9(8(11)6-12-13)10(2,14)7-4-5-7/h6-7,14H,3-5H2,1-2H3. The van der Waals surface area contributed by atoms with Gasteiger partial charge in [0.1, 0.15) is 5.60 Å². The fourth-order valence-electron chi connectivity index (χ4n) is 1.94. The van der Waals surface area contributed by atoms with Gasteiger partial charge in [0.25, 0.3) is 0 Å². The number of rotatable bonds is 3. The molecule has 1 heterocycles. The zero-order chi connectivity index (χ0) is 10.3. The molecule has 3 nitrogen and oxygen atoms in total. The Morgan fingerprint density at radius 2 is 2.36 bits per heavy atom. The van der Waals surface area contributed by atoms with Gasteiger partial charge in [0, 0.05) is 6.54 Å². The van der Waals surface area contributed by atoms with Crippen molar-refractivity contribution in [3.05, 3.63) is 16.4 Å². The molecule has 0 radical (unpaired) electrons. The third kappa shape index (κ3) is 1.50. The van der Waals surface area contributed by atoms with Crippen LogP contribution in [-0.2, 0) is 12.1 Å². The Kier molecular flexibility index (Phi) is 2.43. The summed E-state index contributed by atoms with van der Waals surface area (Å²) in [5.41, 5.74) is 0.188. The normalized spacial score (nSPS) is 20.9. The highest BCUT2D eigenvalue weighted by Gasteiger charge is 2.44. The van der Waals surface area contributed by atoms with Crippen LogP contribution in [0.3, 0.4) is 0 Å². The molecule has 1 aliphatic rings. The lowest BCUT2D eigenvalue weighted by Gasteiger charge is -2.24. The summed E-state index contributed by atoms with van der Waals surface area (Å²) in [6, 6.07) is 0. The van der Waals surface area contributed by atoms with Gasteiger partial charge in [-0.1, -0.05) is 0 Å². The summed E-state index contributed by atoms with van der Waals surface area (Å²) in [7, 11) is 0. The van der Waals surface area contributed by atoms with Crippen LogP contribution in [0.25, 0.3) is 0 Å². The predicted molar refractivity (Wildman–Crippen MR) is 57.9 cm³/mol. The number of halogens is 1. The fourth-order valence-corrected chi connectivity index (χ4v) is 2.64. The maximum atomic E-state index is 10.4. The highest BCUT2D eigenvalue weighted by atomic mass is 79.9. The van der Waals surface area contributed by atoms with Crippen molar-refractivity contribution in [1.29, 1.82) is 0 Å². The molecule has 1 unspecified atom stereocenters. The molecular weight excluding hydrogens is 244 g/mol. The van der Waals surface area contributed by atoms with E-state index in [1.807, 2.05) is 18.5 Å². The Morgan fingerprint density at radius 3 is 2.86 bits per heavy atom. The van der Waals surface area contributed by atoms with Crippen molar-refractivity contribution < 1.29 is 5.11 Å². The number of hydrogen-bond donors (Lipinski definition) is 1. The molecule has 1 N–H and O–H groups in total. The summed E-state index contributed by atoms with van der Waals surface area (Å²) in [5.74, 6) is 0.404. The van der Waals surface area contributed by atoms with Gasteiger partial charge in [0.2, 0.25) is 0 Å². The molecule has 0 bridgehead atoms. The Balaban J connectivity index is 2.42. The molecular formula is C10H15BrN2O. The Labute approximate surface area is 92.2 Å². The van der Waals surface area contributed by atoms with E-state index in [9.17, 15) is 5.11 Å². The molecule has 14 heavy (non-hydrogen) atoms. The van der Waals surface area contributed by atoms with Gasteiger partial charge in [-0.2, -0.15) is 5.10 Å². The Hall–Kier alpha value is -0.350. The van der Waals surface area contributed by atoms with Crippen LogP contribution in [0.2, 0.25) is 0 Å². The lowest BCUT2D eigenvalue weighted by Crippen LogP contribution is -2.28. The number of aryl methyl sites for hydroxylation is 1. The van der Waals surface area contributed by atoms with Crippen LogP contribution in [0.4, 0.5) is 0 Å².